The van der Waals surface area contributed by atoms with E-state index in [0.717, 1.165) is 5.56 Å². The summed E-state index contributed by atoms with van der Waals surface area (Å²) >= 11 is 0. The molecule has 5 heteroatoms. The third kappa shape index (κ3) is 5.39. The van der Waals surface area contributed by atoms with Crippen molar-refractivity contribution in [3.63, 3.8) is 0 Å². The summed E-state index contributed by atoms with van der Waals surface area (Å²) in [6.45, 7) is 0. The number of carbonyl (C=O) groups excluding carboxylic acids is 1. The molecule has 2 rings (SSSR count). The molecule has 0 aliphatic rings. The zero-order valence-corrected chi connectivity index (χ0v) is 12.3. The molecule has 4 nitrogen and oxygen atoms in total. The third-order valence-corrected chi connectivity index (χ3v) is 3.19. The van der Waals surface area contributed by atoms with Crippen molar-refractivity contribution in [2.24, 2.45) is 0 Å². The molecule has 118 valence electrons. The van der Waals surface area contributed by atoms with Gasteiger partial charge in [-0.05, 0) is 29.3 Å². The zero-order chi connectivity index (χ0) is 16.7. The molecule has 1 atom stereocenters. The number of carboxylic acids is 1. The molecule has 23 heavy (non-hydrogen) atoms. The number of benzene rings is 2. The van der Waals surface area contributed by atoms with Crippen LogP contribution in [-0.4, -0.2) is 23.0 Å². The predicted molar refractivity (Wildman–Crippen MR) is 85.1 cm³/mol. The number of carbonyl (C=O) groups is 2. The lowest BCUT2D eigenvalue weighted by molar-refractivity contribution is -0.141. The van der Waals surface area contributed by atoms with Gasteiger partial charge in [0.2, 0.25) is 5.91 Å². The number of aliphatic carboxylic acids is 1. The van der Waals surface area contributed by atoms with Crippen LogP contribution in [0.4, 0.5) is 4.39 Å². The number of amides is 1. The maximum atomic E-state index is 12.8. The van der Waals surface area contributed by atoms with Gasteiger partial charge in [0.05, 0.1) is 0 Å². The van der Waals surface area contributed by atoms with Gasteiger partial charge < -0.3 is 10.4 Å². The highest BCUT2D eigenvalue weighted by Crippen LogP contribution is 2.06. The highest BCUT2D eigenvalue weighted by molar-refractivity contribution is 5.94. The van der Waals surface area contributed by atoms with Crippen LogP contribution in [0.2, 0.25) is 0 Å². The minimum Gasteiger partial charge on any atom is -0.480 e. The molecule has 1 unspecified atom stereocenters. The summed E-state index contributed by atoms with van der Waals surface area (Å²) in [7, 11) is 0. The highest BCUT2D eigenvalue weighted by atomic mass is 19.1. The molecule has 0 aliphatic carbocycles. The summed E-state index contributed by atoms with van der Waals surface area (Å²) in [5.74, 6) is -1.98. The molecule has 0 aromatic heterocycles. The van der Waals surface area contributed by atoms with Crippen molar-refractivity contribution < 1.29 is 19.1 Å². The van der Waals surface area contributed by atoms with Crippen molar-refractivity contribution in [1.29, 1.82) is 0 Å². The lowest BCUT2D eigenvalue weighted by Crippen LogP contribution is -2.41. The van der Waals surface area contributed by atoms with Crippen LogP contribution in [0.3, 0.4) is 0 Å². The van der Waals surface area contributed by atoms with Gasteiger partial charge in [0, 0.05) is 12.5 Å². The van der Waals surface area contributed by atoms with Crippen LogP contribution in [0.5, 0.6) is 0 Å². The number of carboxylic acid groups (broad SMARTS) is 1. The first-order valence-electron chi connectivity index (χ1n) is 7.05. The molecule has 0 saturated heterocycles. The first-order chi connectivity index (χ1) is 11.0. The monoisotopic (exact) mass is 313 g/mol. The summed E-state index contributed by atoms with van der Waals surface area (Å²) < 4.78 is 12.8. The van der Waals surface area contributed by atoms with Crippen molar-refractivity contribution in [2.45, 2.75) is 12.5 Å². The van der Waals surface area contributed by atoms with E-state index < -0.39 is 17.9 Å². The first kappa shape index (κ1) is 16.4. The van der Waals surface area contributed by atoms with Gasteiger partial charge in [0.25, 0.3) is 0 Å². The Morgan fingerprint density at radius 3 is 2.35 bits per heavy atom. The van der Waals surface area contributed by atoms with Crippen molar-refractivity contribution in [1.82, 2.24) is 5.32 Å². The number of hydrogen-bond donors (Lipinski definition) is 2. The zero-order valence-electron chi connectivity index (χ0n) is 12.3. The van der Waals surface area contributed by atoms with Crippen LogP contribution < -0.4 is 5.32 Å². The summed E-state index contributed by atoms with van der Waals surface area (Å²) in [6, 6.07) is 13.7. The molecular weight excluding hydrogens is 297 g/mol. The molecule has 2 N–H and O–H groups in total. The number of hydrogen-bond acceptors (Lipinski definition) is 2. The molecule has 0 fully saturated rings. The Morgan fingerprint density at radius 1 is 1.09 bits per heavy atom. The van der Waals surface area contributed by atoms with Crippen LogP contribution in [0.15, 0.2) is 60.7 Å². The minimum absolute atomic E-state index is 0.201. The topological polar surface area (TPSA) is 66.4 Å². The van der Waals surface area contributed by atoms with E-state index in [1.165, 1.54) is 36.4 Å². The molecule has 2 aromatic rings. The van der Waals surface area contributed by atoms with E-state index >= 15 is 0 Å². The quantitative estimate of drug-likeness (QED) is 0.806. The van der Waals surface area contributed by atoms with E-state index in [1.54, 1.807) is 12.1 Å². The van der Waals surface area contributed by atoms with Crippen molar-refractivity contribution in [3.05, 3.63) is 77.6 Å². The summed E-state index contributed by atoms with van der Waals surface area (Å²) in [6.07, 6.45) is 2.93. The molecular formula is C18H16FNO3. The van der Waals surface area contributed by atoms with E-state index in [0.29, 0.717) is 5.56 Å². The summed E-state index contributed by atoms with van der Waals surface area (Å²) in [5, 5.41) is 11.7. The number of rotatable bonds is 6. The molecule has 0 bridgehead atoms. The van der Waals surface area contributed by atoms with E-state index in [-0.39, 0.29) is 12.2 Å². The average Bonchev–Trinajstić information content (AvgIpc) is 2.54. The largest absolute Gasteiger partial charge is 0.480 e. The Kier molecular flexibility index (Phi) is 5.63. The Morgan fingerprint density at radius 2 is 1.74 bits per heavy atom. The minimum atomic E-state index is -1.10. The normalized spacial score (nSPS) is 12.0. The predicted octanol–water partition coefficient (Wildman–Crippen LogP) is 2.65. The average molecular weight is 313 g/mol. The fraction of sp³-hybridized carbons (Fsp3) is 0.111. The smallest absolute Gasteiger partial charge is 0.326 e. The van der Waals surface area contributed by atoms with Gasteiger partial charge in [-0.2, -0.15) is 0 Å². The van der Waals surface area contributed by atoms with Crippen LogP contribution in [0.25, 0.3) is 6.08 Å². The number of halogens is 1. The van der Waals surface area contributed by atoms with Gasteiger partial charge >= 0.3 is 5.97 Å². The second kappa shape index (κ2) is 7.89. The summed E-state index contributed by atoms with van der Waals surface area (Å²) in [5.41, 5.74) is 1.47. The molecule has 0 heterocycles. The van der Waals surface area contributed by atoms with Gasteiger partial charge in [0.1, 0.15) is 11.9 Å². The fourth-order valence-electron chi connectivity index (χ4n) is 2.02. The van der Waals surface area contributed by atoms with Crippen molar-refractivity contribution in [2.75, 3.05) is 0 Å². The van der Waals surface area contributed by atoms with E-state index in [2.05, 4.69) is 5.32 Å². The van der Waals surface area contributed by atoms with Gasteiger partial charge in [-0.3, -0.25) is 4.79 Å². The first-order valence-corrected chi connectivity index (χ1v) is 7.05. The van der Waals surface area contributed by atoms with Crippen LogP contribution in [0.1, 0.15) is 11.1 Å². The Balaban J connectivity index is 1.98. The van der Waals surface area contributed by atoms with Gasteiger partial charge in [-0.15, -0.1) is 0 Å². The molecule has 2 aromatic carbocycles. The Bertz CT molecular complexity index is 696. The lowest BCUT2D eigenvalue weighted by atomic mass is 10.1. The fourth-order valence-corrected chi connectivity index (χ4v) is 2.02. The molecule has 0 saturated carbocycles. The highest BCUT2D eigenvalue weighted by Gasteiger charge is 2.19. The third-order valence-electron chi connectivity index (χ3n) is 3.19. The lowest BCUT2D eigenvalue weighted by Gasteiger charge is -2.13. The Hall–Kier alpha value is -2.95. The molecule has 0 spiro atoms. The Labute approximate surface area is 133 Å². The molecule has 0 radical (unpaired) electrons. The van der Waals surface area contributed by atoms with E-state index in [4.69, 9.17) is 0 Å². The van der Waals surface area contributed by atoms with Gasteiger partial charge in [0.15, 0.2) is 0 Å². The SMILES string of the molecule is O=C(/C=C/c1ccc(F)cc1)NC(Cc1ccccc1)C(=O)O. The second-order valence-electron chi connectivity index (χ2n) is 4.97. The van der Waals surface area contributed by atoms with E-state index in [1.807, 2.05) is 18.2 Å². The van der Waals surface area contributed by atoms with Crippen molar-refractivity contribution in [3.8, 4) is 0 Å². The van der Waals surface area contributed by atoms with Gasteiger partial charge in [-0.1, -0.05) is 42.5 Å². The van der Waals surface area contributed by atoms with Crippen LogP contribution >= 0.6 is 0 Å². The molecule has 1 amide bonds. The standard InChI is InChI=1S/C18H16FNO3/c19-15-9-6-13(7-10-15)8-11-17(21)20-16(18(22)23)12-14-4-2-1-3-5-14/h1-11,16H,12H2,(H,20,21)(H,22,23)/b11-8+. The van der Waals surface area contributed by atoms with E-state index in [9.17, 15) is 19.1 Å². The summed E-state index contributed by atoms with van der Waals surface area (Å²) in [4.78, 5) is 23.1. The van der Waals surface area contributed by atoms with Crippen LogP contribution in [0, 0.1) is 5.82 Å². The maximum Gasteiger partial charge on any atom is 0.326 e. The number of nitrogens with one attached hydrogen (secondary N) is 1. The second-order valence-corrected chi connectivity index (χ2v) is 4.97. The van der Waals surface area contributed by atoms with Gasteiger partial charge in [-0.25, -0.2) is 9.18 Å². The molecule has 0 aliphatic heterocycles. The maximum absolute atomic E-state index is 12.8. The van der Waals surface area contributed by atoms with Crippen LogP contribution in [-0.2, 0) is 16.0 Å². The van der Waals surface area contributed by atoms with Crippen molar-refractivity contribution >= 4 is 18.0 Å².